The number of fused-ring (bicyclic) bond motifs is 2. The van der Waals surface area contributed by atoms with Crippen LogP contribution in [0.25, 0.3) is 5.78 Å². The number of benzene rings is 1. The third kappa shape index (κ3) is 2.86. The minimum absolute atomic E-state index is 0.155. The zero-order chi connectivity index (χ0) is 15.8. The van der Waals surface area contributed by atoms with E-state index in [1.165, 1.54) is 5.56 Å². The van der Waals surface area contributed by atoms with E-state index in [1.807, 2.05) is 18.2 Å². The summed E-state index contributed by atoms with van der Waals surface area (Å²) in [7, 11) is 0. The second kappa shape index (κ2) is 5.77. The molecule has 0 aliphatic heterocycles. The Kier molecular flexibility index (Phi) is 3.61. The number of carbonyl (C=O) groups excluding carboxylic acids is 1. The van der Waals surface area contributed by atoms with E-state index in [-0.39, 0.29) is 5.78 Å². The molecule has 0 fully saturated rings. The number of Topliss-reactive ketones (excluding diaryl/α,β-unsaturated/α-hetero) is 1. The average Bonchev–Trinajstić information content (AvgIpc) is 2.94. The molecule has 0 unspecified atom stereocenters. The van der Waals surface area contributed by atoms with Gasteiger partial charge in [0.05, 0.1) is 11.3 Å². The molecule has 1 aliphatic rings. The van der Waals surface area contributed by atoms with E-state index in [0.29, 0.717) is 28.8 Å². The summed E-state index contributed by atoms with van der Waals surface area (Å²) in [4.78, 5) is 21.2. The van der Waals surface area contributed by atoms with Crippen molar-refractivity contribution in [1.82, 2.24) is 19.6 Å². The van der Waals surface area contributed by atoms with Gasteiger partial charge < -0.3 is 0 Å². The second-order valence-corrected chi connectivity index (χ2v) is 6.89. The van der Waals surface area contributed by atoms with Crippen molar-refractivity contribution in [1.29, 1.82) is 0 Å². The third-order valence-corrected chi connectivity index (χ3v) is 4.89. The van der Waals surface area contributed by atoms with Gasteiger partial charge in [-0.1, -0.05) is 49.0 Å². The summed E-state index contributed by atoms with van der Waals surface area (Å²) in [5.74, 6) is 1.89. The lowest BCUT2D eigenvalue weighted by molar-refractivity contribution is 0.0951. The molecule has 0 bridgehead atoms. The molecule has 116 valence electrons. The van der Waals surface area contributed by atoms with Gasteiger partial charge in [0.1, 0.15) is 0 Å². The first-order valence-electron chi connectivity index (χ1n) is 7.65. The zero-order valence-corrected chi connectivity index (χ0v) is 13.6. The molecule has 0 saturated carbocycles. The molecule has 2 heterocycles. The van der Waals surface area contributed by atoms with Crippen LogP contribution in [0.3, 0.4) is 0 Å². The molecule has 0 radical (unpaired) electrons. The third-order valence-electron chi connectivity index (χ3n) is 3.98. The molecule has 0 amide bonds. The Morgan fingerprint density at radius 2 is 2.04 bits per heavy atom. The van der Waals surface area contributed by atoms with E-state index >= 15 is 0 Å². The highest BCUT2D eigenvalue weighted by atomic mass is 32.2. The fourth-order valence-electron chi connectivity index (χ4n) is 2.84. The van der Waals surface area contributed by atoms with Gasteiger partial charge in [-0.3, -0.25) is 4.79 Å². The highest BCUT2D eigenvalue weighted by Crippen LogP contribution is 2.25. The Morgan fingerprint density at radius 3 is 2.87 bits per heavy atom. The molecular weight excluding hydrogens is 308 g/mol. The Labute approximate surface area is 138 Å². The SMILES string of the molecule is C[C@@H]1CC(=O)c2cn3nc(SCc4ccccc4)nc3nc2C1. The molecule has 1 aromatic carbocycles. The maximum absolute atomic E-state index is 12.2. The topological polar surface area (TPSA) is 60.2 Å². The Hall–Kier alpha value is -2.21. The first-order valence-corrected chi connectivity index (χ1v) is 8.64. The summed E-state index contributed by atoms with van der Waals surface area (Å²) in [6.07, 6.45) is 3.20. The van der Waals surface area contributed by atoms with Crippen LogP contribution in [0.4, 0.5) is 0 Å². The highest BCUT2D eigenvalue weighted by Gasteiger charge is 2.25. The molecule has 0 N–H and O–H groups in total. The first kappa shape index (κ1) is 14.4. The fraction of sp³-hybridized carbons (Fsp3) is 0.294. The van der Waals surface area contributed by atoms with Crippen LogP contribution >= 0.6 is 11.8 Å². The summed E-state index contributed by atoms with van der Waals surface area (Å²) < 4.78 is 1.63. The quantitative estimate of drug-likeness (QED) is 0.693. The maximum atomic E-state index is 12.2. The summed E-state index contributed by atoms with van der Waals surface area (Å²) in [5, 5.41) is 5.13. The number of hydrogen-bond donors (Lipinski definition) is 0. The minimum atomic E-state index is 0.155. The number of hydrogen-bond acceptors (Lipinski definition) is 5. The minimum Gasteiger partial charge on any atom is -0.294 e. The van der Waals surface area contributed by atoms with Crippen LogP contribution in [0.15, 0.2) is 41.7 Å². The maximum Gasteiger partial charge on any atom is 0.253 e. The van der Waals surface area contributed by atoms with E-state index in [1.54, 1.807) is 22.5 Å². The number of ketones is 1. The number of aromatic nitrogens is 4. The van der Waals surface area contributed by atoms with Gasteiger partial charge in [0, 0.05) is 18.4 Å². The molecule has 0 saturated heterocycles. The van der Waals surface area contributed by atoms with Crippen LogP contribution in [-0.4, -0.2) is 25.4 Å². The normalized spacial score (nSPS) is 17.4. The summed E-state index contributed by atoms with van der Waals surface area (Å²) in [6, 6.07) is 10.2. The van der Waals surface area contributed by atoms with Gasteiger partial charge in [0.25, 0.3) is 5.78 Å². The Morgan fingerprint density at radius 1 is 1.22 bits per heavy atom. The molecule has 0 spiro atoms. The van der Waals surface area contributed by atoms with E-state index in [2.05, 4.69) is 34.1 Å². The van der Waals surface area contributed by atoms with Crippen LogP contribution in [0.5, 0.6) is 0 Å². The van der Waals surface area contributed by atoms with Gasteiger partial charge in [0.15, 0.2) is 5.78 Å². The Bertz CT molecular complexity index is 875. The molecule has 2 aromatic heterocycles. The van der Waals surface area contributed by atoms with Crippen LogP contribution in [0, 0.1) is 5.92 Å². The van der Waals surface area contributed by atoms with E-state index in [9.17, 15) is 4.79 Å². The second-order valence-electron chi connectivity index (χ2n) is 5.95. The van der Waals surface area contributed by atoms with Gasteiger partial charge >= 0.3 is 0 Å². The molecule has 5 nitrogen and oxygen atoms in total. The number of rotatable bonds is 3. The van der Waals surface area contributed by atoms with Crippen molar-refractivity contribution in [2.24, 2.45) is 5.92 Å². The molecule has 23 heavy (non-hydrogen) atoms. The number of nitrogens with zero attached hydrogens (tertiary/aromatic N) is 4. The molecule has 1 atom stereocenters. The van der Waals surface area contributed by atoms with Crippen molar-refractivity contribution in [3.05, 3.63) is 53.3 Å². The predicted octanol–water partition coefficient (Wildman–Crippen LogP) is 3.18. The molecule has 1 aliphatic carbocycles. The smallest absolute Gasteiger partial charge is 0.253 e. The number of carbonyl (C=O) groups is 1. The molecular formula is C17H16N4OS. The molecule has 3 aromatic rings. The molecule has 6 heteroatoms. The van der Waals surface area contributed by atoms with Crippen molar-refractivity contribution in [3.63, 3.8) is 0 Å². The van der Waals surface area contributed by atoms with Gasteiger partial charge in [-0.25, -0.2) is 9.50 Å². The van der Waals surface area contributed by atoms with Crippen molar-refractivity contribution in [2.75, 3.05) is 0 Å². The van der Waals surface area contributed by atoms with Gasteiger partial charge in [-0.15, -0.1) is 5.10 Å². The standard InChI is InChI=1S/C17H16N4OS/c1-11-7-14-13(15(22)8-11)9-21-16(18-14)19-17(20-21)23-10-12-5-3-2-4-6-12/h2-6,9,11H,7-8,10H2,1H3/t11-/m0/s1. The van der Waals surface area contributed by atoms with Gasteiger partial charge in [-0.05, 0) is 17.9 Å². The lowest BCUT2D eigenvalue weighted by Gasteiger charge is -2.18. The zero-order valence-electron chi connectivity index (χ0n) is 12.8. The highest BCUT2D eigenvalue weighted by molar-refractivity contribution is 7.98. The van der Waals surface area contributed by atoms with Crippen LogP contribution in [-0.2, 0) is 12.2 Å². The lowest BCUT2D eigenvalue weighted by Crippen LogP contribution is -2.20. The van der Waals surface area contributed by atoms with Crippen molar-refractivity contribution in [2.45, 2.75) is 30.7 Å². The Balaban J connectivity index is 1.62. The van der Waals surface area contributed by atoms with Crippen LogP contribution in [0.1, 0.15) is 35.0 Å². The van der Waals surface area contributed by atoms with Crippen molar-refractivity contribution in [3.8, 4) is 0 Å². The van der Waals surface area contributed by atoms with Gasteiger partial charge in [0.2, 0.25) is 5.16 Å². The van der Waals surface area contributed by atoms with Crippen molar-refractivity contribution >= 4 is 23.3 Å². The van der Waals surface area contributed by atoms with E-state index < -0.39 is 0 Å². The predicted molar refractivity (Wildman–Crippen MR) is 88.6 cm³/mol. The van der Waals surface area contributed by atoms with E-state index in [0.717, 1.165) is 17.9 Å². The van der Waals surface area contributed by atoms with Crippen molar-refractivity contribution < 1.29 is 4.79 Å². The fourth-order valence-corrected chi connectivity index (χ4v) is 3.62. The monoisotopic (exact) mass is 324 g/mol. The van der Waals surface area contributed by atoms with Crippen LogP contribution < -0.4 is 0 Å². The number of thioether (sulfide) groups is 1. The average molecular weight is 324 g/mol. The summed E-state index contributed by atoms with van der Waals surface area (Å²) in [5.41, 5.74) is 2.78. The summed E-state index contributed by atoms with van der Waals surface area (Å²) >= 11 is 1.58. The summed E-state index contributed by atoms with van der Waals surface area (Å²) in [6.45, 7) is 2.08. The lowest BCUT2D eigenvalue weighted by atomic mass is 9.88. The largest absolute Gasteiger partial charge is 0.294 e. The van der Waals surface area contributed by atoms with E-state index in [4.69, 9.17) is 0 Å². The van der Waals surface area contributed by atoms with Gasteiger partial charge in [-0.2, -0.15) is 4.98 Å². The molecule has 4 rings (SSSR count). The van der Waals surface area contributed by atoms with Crippen LogP contribution in [0.2, 0.25) is 0 Å². The first-order chi connectivity index (χ1) is 11.2.